The maximum absolute atomic E-state index is 8.74. The summed E-state index contributed by atoms with van der Waals surface area (Å²) >= 11 is 0. The van der Waals surface area contributed by atoms with Crippen molar-refractivity contribution in [2.75, 3.05) is 26.2 Å². The molecule has 1 saturated carbocycles. The smallest absolute Gasteiger partial charge is 0.0628 e. The fraction of sp³-hybridized carbons (Fsp3) is 0.923. The van der Waals surface area contributed by atoms with E-state index in [-0.39, 0.29) is 0 Å². The van der Waals surface area contributed by atoms with Crippen LogP contribution in [0.3, 0.4) is 0 Å². The molecule has 3 nitrogen and oxygen atoms in total. The molecule has 90 valence electrons. The summed E-state index contributed by atoms with van der Waals surface area (Å²) in [4.78, 5) is 2.57. The molecule has 1 saturated heterocycles. The molecule has 2 fully saturated rings. The first-order chi connectivity index (χ1) is 7.76. The lowest BCUT2D eigenvalue weighted by atomic mass is 10.0. The Morgan fingerprint density at radius 2 is 2.06 bits per heavy atom. The average molecular weight is 221 g/mol. The quantitative estimate of drug-likeness (QED) is 0.743. The molecule has 1 atom stereocenters. The van der Waals surface area contributed by atoms with Gasteiger partial charge in [-0.05, 0) is 51.1 Å². The Morgan fingerprint density at radius 3 is 2.62 bits per heavy atom. The highest BCUT2D eigenvalue weighted by atomic mass is 15.2. The fourth-order valence-corrected chi connectivity index (χ4v) is 2.62. The third-order valence-electron chi connectivity index (χ3n) is 4.11. The van der Waals surface area contributed by atoms with Crippen molar-refractivity contribution in [3.05, 3.63) is 0 Å². The summed E-state index contributed by atoms with van der Waals surface area (Å²) in [6.07, 6.45) is 5.95. The molecule has 1 heterocycles. The molecular formula is C13H23N3. The molecule has 0 aromatic heterocycles. The molecule has 1 N–H and O–H groups in total. The SMILES string of the molecule is CC(CNCC1(CC#N)CC1)N1CCCC1. The molecular weight excluding hydrogens is 198 g/mol. The first kappa shape index (κ1) is 11.9. The third kappa shape index (κ3) is 2.96. The minimum Gasteiger partial charge on any atom is -0.315 e. The molecule has 1 aliphatic carbocycles. The second-order valence-electron chi connectivity index (χ2n) is 5.56. The number of nitriles is 1. The van der Waals surface area contributed by atoms with Crippen molar-refractivity contribution in [2.45, 2.75) is 45.1 Å². The summed E-state index contributed by atoms with van der Waals surface area (Å²) in [5, 5.41) is 12.3. The van der Waals surface area contributed by atoms with E-state index in [4.69, 9.17) is 5.26 Å². The summed E-state index contributed by atoms with van der Waals surface area (Å²) in [7, 11) is 0. The van der Waals surface area contributed by atoms with Gasteiger partial charge in [0.25, 0.3) is 0 Å². The first-order valence-corrected chi connectivity index (χ1v) is 6.57. The largest absolute Gasteiger partial charge is 0.315 e. The Morgan fingerprint density at radius 1 is 1.38 bits per heavy atom. The van der Waals surface area contributed by atoms with E-state index in [0.29, 0.717) is 11.5 Å². The monoisotopic (exact) mass is 221 g/mol. The topological polar surface area (TPSA) is 39.1 Å². The summed E-state index contributed by atoms with van der Waals surface area (Å²) in [5.41, 5.74) is 0.347. The molecule has 0 aromatic rings. The Kier molecular flexibility index (Phi) is 3.83. The molecule has 1 unspecified atom stereocenters. The zero-order valence-corrected chi connectivity index (χ0v) is 10.3. The second kappa shape index (κ2) is 5.16. The number of rotatable bonds is 6. The van der Waals surface area contributed by atoms with Gasteiger partial charge in [-0.3, -0.25) is 4.90 Å². The average Bonchev–Trinajstić information content (AvgIpc) is 2.83. The van der Waals surface area contributed by atoms with Crippen molar-refractivity contribution >= 4 is 0 Å². The second-order valence-corrected chi connectivity index (χ2v) is 5.56. The van der Waals surface area contributed by atoms with Crippen molar-refractivity contribution in [1.29, 1.82) is 5.26 Å². The highest BCUT2D eigenvalue weighted by Gasteiger charge is 2.41. The summed E-state index contributed by atoms with van der Waals surface area (Å²) in [6, 6.07) is 2.97. The zero-order chi connectivity index (χ0) is 11.4. The van der Waals surface area contributed by atoms with Gasteiger partial charge in [0.05, 0.1) is 6.07 Å². The first-order valence-electron chi connectivity index (χ1n) is 6.57. The van der Waals surface area contributed by atoms with Gasteiger partial charge in [0.15, 0.2) is 0 Å². The minimum atomic E-state index is 0.347. The normalized spacial score (nSPS) is 25.2. The van der Waals surface area contributed by atoms with Gasteiger partial charge in [-0.15, -0.1) is 0 Å². The van der Waals surface area contributed by atoms with Gasteiger partial charge >= 0.3 is 0 Å². The number of nitrogens with one attached hydrogen (secondary N) is 1. The number of hydrogen-bond donors (Lipinski definition) is 1. The van der Waals surface area contributed by atoms with Crippen molar-refractivity contribution in [1.82, 2.24) is 10.2 Å². The molecule has 0 amide bonds. The summed E-state index contributed by atoms with van der Waals surface area (Å²) in [5.74, 6) is 0. The van der Waals surface area contributed by atoms with Crippen molar-refractivity contribution < 1.29 is 0 Å². The van der Waals surface area contributed by atoms with Crippen LogP contribution in [0.15, 0.2) is 0 Å². The molecule has 0 radical (unpaired) electrons. The highest BCUT2D eigenvalue weighted by molar-refractivity contribution is 5.00. The molecule has 1 aliphatic heterocycles. The Hall–Kier alpha value is -0.590. The van der Waals surface area contributed by atoms with Gasteiger partial charge in [-0.1, -0.05) is 0 Å². The van der Waals surface area contributed by atoms with Gasteiger partial charge < -0.3 is 5.32 Å². The van der Waals surface area contributed by atoms with E-state index in [1.54, 1.807) is 0 Å². The third-order valence-corrected chi connectivity index (χ3v) is 4.11. The van der Waals surface area contributed by atoms with E-state index in [2.05, 4.69) is 23.2 Å². The molecule has 16 heavy (non-hydrogen) atoms. The van der Waals surface area contributed by atoms with Crippen LogP contribution in [0, 0.1) is 16.7 Å². The van der Waals surface area contributed by atoms with Crippen LogP contribution in [0.2, 0.25) is 0 Å². The maximum Gasteiger partial charge on any atom is 0.0628 e. The lowest BCUT2D eigenvalue weighted by molar-refractivity contribution is 0.248. The van der Waals surface area contributed by atoms with Gasteiger partial charge in [0, 0.05) is 25.6 Å². The van der Waals surface area contributed by atoms with E-state index in [0.717, 1.165) is 19.5 Å². The van der Waals surface area contributed by atoms with Crippen LogP contribution in [0.25, 0.3) is 0 Å². The van der Waals surface area contributed by atoms with Crippen LogP contribution < -0.4 is 5.32 Å². The molecule has 0 spiro atoms. The van der Waals surface area contributed by atoms with E-state index in [9.17, 15) is 0 Å². The lowest BCUT2D eigenvalue weighted by Gasteiger charge is -2.24. The van der Waals surface area contributed by atoms with Crippen LogP contribution in [0.1, 0.15) is 39.0 Å². The Balaban J connectivity index is 1.62. The van der Waals surface area contributed by atoms with Crippen molar-refractivity contribution in [2.24, 2.45) is 5.41 Å². The summed E-state index contributed by atoms with van der Waals surface area (Å²) < 4.78 is 0. The van der Waals surface area contributed by atoms with Crippen LogP contribution in [-0.2, 0) is 0 Å². The van der Waals surface area contributed by atoms with Gasteiger partial charge in [0.2, 0.25) is 0 Å². The van der Waals surface area contributed by atoms with Crippen molar-refractivity contribution in [3.8, 4) is 6.07 Å². The van der Waals surface area contributed by atoms with E-state index >= 15 is 0 Å². The molecule has 0 aromatic carbocycles. The predicted octanol–water partition coefficient (Wildman–Crippen LogP) is 1.75. The van der Waals surface area contributed by atoms with Crippen LogP contribution in [-0.4, -0.2) is 37.1 Å². The molecule has 2 rings (SSSR count). The van der Waals surface area contributed by atoms with E-state index in [1.807, 2.05) is 0 Å². The fourth-order valence-electron chi connectivity index (χ4n) is 2.62. The van der Waals surface area contributed by atoms with E-state index < -0.39 is 0 Å². The number of hydrogen-bond acceptors (Lipinski definition) is 3. The zero-order valence-electron chi connectivity index (χ0n) is 10.3. The molecule has 2 aliphatic rings. The standard InChI is InChI=1S/C13H23N3/c1-12(16-8-2-3-9-16)10-15-11-13(4-5-13)6-7-14/h12,15H,2-6,8-11H2,1H3. The minimum absolute atomic E-state index is 0.347. The summed E-state index contributed by atoms with van der Waals surface area (Å²) in [6.45, 7) is 6.96. The Bertz CT molecular complexity index is 259. The number of nitrogens with zero attached hydrogens (tertiary/aromatic N) is 2. The van der Waals surface area contributed by atoms with Crippen LogP contribution in [0.5, 0.6) is 0 Å². The van der Waals surface area contributed by atoms with Crippen LogP contribution >= 0.6 is 0 Å². The predicted molar refractivity (Wildman–Crippen MR) is 65.0 cm³/mol. The van der Waals surface area contributed by atoms with E-state index in [1.165, 1.54) is 38.8 Å². The Labute approximate surface area is 98.8 Å². The van der Waals surface area contributed by atoms with Crippen molar-refractivity contribution in [3.63, 3.8) is 0 Å². The highest BCUT2D eigenvalue weighted by Crippen LogP contribution is 2.47. The van der Waals surface area contributed by atoms with Crippen LogP contribution in [0.4, 0.5) is 0 Å². The number of likely N-dealkylation sites (tertiary alicyclic amines) is 1. The van der Waals surface area contributed by atoms with Gasteiger partial charge in [-0.25, -0.2) is 0 Å². The molecule has 0 bridgehead atoms. The van der Waals surface area contributed by atoms with Gasteiger partial charge in [0.1, 0.15) is 0 Å². The maximum atomic E-state index is 8.74. The van der Waals surface area contributed by atoms with Gasteiger partial charge in [-0.2, -0.15) is 5.26 Å². The lowest BCUT2D eigenvalue weighted by Crippen LogP contribution is -2.40. The molecule has 3 heteroatoms.